The van der Waals surface area contributed by atoms with Gasteiger partial charge in [0.25, 0.3) is 0 Å². The van der Waals surface area contributed by atoms with E-state index in [-0.39, 0.29) is 6.61 Å². The van der Waals surface area contributed by atoms with Crippen molar-refractivity contribution in [1.82, 2.24) is 0 Å². The summed E-state index contributed by atoms with van der Waals surface area (Å²) in [4.78, 5) is 0. The van der Waals surface area contributed by atoms with Crippen molar-refractivity contribution in [3.63, 3.8) is 0 Å². The van der Waals surface area contributed by atoms with Crippen molar-refractivity contribution in [3.05, 3.63) is 35.4 Å². The van der Waals surface area contributed by atoms with Crippen molar-refractivity contribution in [1.29, 1.82) is 0 Å². The molecule has 1 rings (SSSR count). The Morgan fingerprint density at radius 3 is 2.14 bits per heavy atom. The van der Waals surface area contributed by atoms with Gasteiger partial charge in [-0.15, -0.1) is 0 Å². The molecule has 1 N–H and O–H groups in total. The van der Waals surface area contributed by atoms with E-state index in [9.17, 15) is 0 Å². The molecule has 1 aromatic carbocycles. The average molecular weight is 196 g/mol. The second-order valence-electron chi connectivity index (χ2n) is 3.03. The maximum absolute atomic E-state index is 8.52. The molecule has 78 valence electrons. The smallest absolute Gasteiger partial charge is 0.0718 e. The van der Waals surface area contributed by atoms with Crippen LogP contribution in [0, 0.1) is 0 Å². The number of hydrogen-bond acceptors (Lipinski definition) is 3. The lowest BCUT2D eigenvalue weighted by Gasteiger charge is -2.04. The van der Waals surface area contributed by atoms with E-state index in [1.54, 1.807) is 7.11 Å². The average Bonchev–Trinajstić information content (AvgIpc) is 2.21. The van der Waals surface area contributed by atoms with Crippen LogP contribution >= 0.6 is 0 Å². The molecule has 3 heteroatoms. The largest absolute Gasteiger partial charge is 0.394 e. The zero-order chi connectivity index (χ0) is 10.2. The summed E-state index contributed by atoms with van der Waals surface area (Å²) in [5, 5.41) is 8.52. The summed E-state index contributed by atoms with van der Waals surface area (Å²) in [5.41, 5.74) is 2.26. The molecule has 0 aromatic heterocycles. The van der Waals surface area contributed by atoms with Gasteiger partial charge in [-0.3, -0.25) is 0 Å². The summed E-state index contributed by atoms with van der Waals surface area (Å²) in [5.74, 6) is 0. The van der Waals surface area contributed by atoms with Gasteiger partial charge in [-0.2, -0.15) is 0 Å². The molecule has 0 unspecified atom stereocenters. The highest BCUT2D eigenvalue weighted by Crippen LogP contribution is 2.06. The minimum Gasteiger partial charge on any atom is -0.394 e. The molecule has 0 radical (unpaired) electrons. The lowest BCUT2D eigenvalue weighted by Crippen LogP contribution is -1.99. The Kier molecular flexibility index (Phi) is 5.22. The van der Waals surface area contributed by atoms with Gasteiger partial charge in [0.05, 0.1) is 26.4 Å². The molecule has 0 aliphatic heterocycles. The van der Waals surface area contributed by atoms with Gasteiger partial charge in [0.1, 0.15) is 0 Å². The van der Waals surface area contributed by atoms with E-state index < -0.39 is 0 Å². The van der Waals surface area contributed by atoms with Crippen molar-refractivity contribution >= 4 is 0 Å². The van der Waals surface area contributed by atoms with Crippen LogP contribution in [0.25, 0.3) is 0 Å². The van der Waals surface area contributed by atoms with E-state index in [1.165, 1.54) is 0 Å². The first-order chi connectivity index (χ1) is 6.86. The highest BCUT2D eigenvalue weighted by molar-refractivity contribution is 5.21. The first kappa shape index (κ1) is 11.2. The van der Waals surface area contributed by atoms with Gasteiger partial charge in [0.2, 0.25) is 0 Å². The van der Waals surface area contributed by atoms with E-state index in [4.69, 9.17) is 14.6 Å². The number of hydrogen-bond donors (Lipinski definition) is 1. The Bertz CT molecular complexity index is 243. The normalized spacial score (nSPS) is 10.4. The van der Waals surface area contributed by atoms with Crippen LogP contribution in [0.1, 0.15) is 11.1 Å². The lowest BCUT2D eigenvalue weighted by atomic mass is 10.1. The lowest BCUT2D eigenvalue weighted by molar-refractivity contribution is 0.0815. The minimum atomic E-state index is 0.0712. The predicted molar refractivity (Wildman–Crippen MR) is 53.9 cm³/mol. The molecule has 14 heavy (non-hydrogen) atoms. The third kappa shape index (κ3) is 3.87. The Morgan fingerprint density at radius 2 is 1.64 bits per heavy atom. The second kappa shape index (κ2) is 6.54. The third-order valence-electron chi connectivity index (χ3n) is 1.84. The summed E-state index contributed by atoms with van der Waals surface area (Å²) in [6, 6.07) is 8.04. The summed E-state index contributed by atoms with van der Waals surface area (Å²) in [7, 11) is 1.68. The first-order valence-corrected chi connectivity index (χ1v) is 4.62. The third-order valence-corrected chi connectivity index (χ3v) is 1.84. The molecule has 0 saturated heterocycles. The van der Waals surface area contributed by atoms with Crippen LogP contribution in [0.15, 0.2) is 24.3 Å². The standard InChI is InChI=1S/C11H16O3/c1-13-8-10-2-4-11(5-3-10)9-14-7-6-12/h2-5,12H,6-9H2,1H3. The molecule has 0 aliphatic carbocycles. The van der Waals surface area contributed by atoms with Crippen LogP contribution in [0.5, 0.6) is 0 Å². The van der Waals surface area contributed by atoms with E-state index in [2.05, 4.69) is 0 Å². The predicted octanol–water partition coefficient (Wildman–Crippen LogP) is 1.34. The van der Waals surface area contributed by atoms with Gasteiger partial charge in [-0.25, -0.2) is 0 Å². The SMILES string of the molecule is COCc1ccc(COCCO)cc1. The molecule has 0 amide bonds. The summed E-state index contributed by atoms with van der Waals surface area (Å²) < 4.78 is 10.2. The van der Waals surface area contributed by atoms with Gasteiger partial charge in [-0.05, 0) is 11.1 Å². The van der Waals surface area contributed by atoms with Gasteiger partial charge < -0.3 is 14.6 Å². The fraction of sp³-hybridized carbons (Fsp3) is 0.455. The second-order valence-corrected chi connectivity index (χ2v) is 3.03. The zero-order valence-electron chi connectivity index (χ0n) is 8.40. The van der Waals surface area contributed by atoms with Crippen LogP contribution in [-0.4, -0.2) is 25.4 Å². The van der Waals surface area contributed by atoms with Crippen molar-refractivity contribution < 1.29 is 14.6 Å². The molecule has 0 fully saturated rings. The Morgan fingerprint density at radius 1 is 1.07 bits per heavy atom. The maximum Gasteiger partial charge on any atom is 0.0718 e. The monoisotopic (exact) mass is 196 g/mol. The fourth-order valence-electron chi connectivity index (χ4n) is 1.15. The highest BCUT2D eigenvalue weighted by atomic mass is 16.5. The number of rotatable bonds is 6. The van der Waals surface area contributed by atoms with Crippen LogP contribution in [0.4, 0.5) is 0 Å². The number of aliphatic hydroxyl groups excluding tert-OH is 1. The van der Waals surface area contributed by atoms with E-state index in [1.807, 2.05) is 24.3 Å². The molecular weight excluding hydrogens is 180 g/mol. The summed E-state index contributed by atoms with van der Waals surface area (Å²) >= 11 is 0. The molecule has 3 nitrogen and oxygen atoms in total. The van der Waals surface area contributed by atoms with Crippen molar-refractivity contribution in [2.24, 2.45) is 0 Å². The first-order valence-electron chi connectivity index (χ1n) is 4.62. The molecule has 0 heterocycles. The zero-order valence-corrected chi connectivity index (χ0v) is 8.40. The minimum absolute atomic E-state index is 0.0712. The van der Waals surface area contributed by atoms with Crippen LogP contribution in [0.3, 0.4) is 0 Å². The molecule has 0 aliphatic rings. The number of methoxy groups -OCH3 is 1. The quantitative estimate of drug-likeness (QED) is 0.698. The maximum atomic E-state index is 8.52. The topological polar surface area (TPSA) is 38.7 Å². The van der Waals surface area contributed by atoms with E-state index >= 15 is 0 Å². The Labute approximate surface area is 84.3 Å². The van der Waals surface area contributed by atoms with Crippen LogP contribution < -0.4 is 0 Å². The molecule has 0 atom stereocenters. The van der Waals surface area contributed by atoms with Crippen molar-refractivity contribution in [3.8, 4) is 0 Å². The molecule has 0 saturated carbocycles. The van der Waals surface area contributed by atoms with Crippen LogP contribution in [-0.2, 0) is 22.7 Å². The molecular formula is C11H16O3. The molecule has 0 bridgehead atoms. The number of benzene rings is 1. The molecule has 0 spiro atoms. The summed E-state index contributed by atoms with van der Waals surface area (Å²) in [6.45, 7) is 1.65. The van der Waals surface area contributed by atoms with Crippen molar-refractivity contribution in [2.75, 3.05) is 20.3 Å². The van der Waals surface area contributed by atoms with E-state index in [0.29, 0.717) is 19.8 Å². The summed E-state index contributed by atoms with van der Waals surface area (Å²) in [6.07, 6.45) is 0. The van der Waals surface area contributed by atoms with Gasteiger partial charge in [0.15, 0.2) is 0 Å². The van der Waals surface area contributed by atoms with Gasteiger partial charge >= 0.3 is 0 Å². The van der Waals surface area contributed by atoms with E-state index in [0.717, 1.165) is 11.1 Å². The van der Waals surface area contributed by atoms with Gasteiger partial charge in [-0.1, -0.05) is 24.3 Å². The number of ether oxygens (including phenoxy) is 2. The Hall–Kier alpha value is -0.900. The Balaban J connectivity index is 2.38. The van der Waals surface area contributed by atoms with Gasteiger partial charge in [0, 0.05) is 7.11 Å². The fourth-order valence-corrected chi connectivity index (χ4v) is 1.15. The van der Waals surface area contributed by atoms with Crippen molar-refractivity contribution in [2.45, 2.75) is 13.2 Å². The van der Waals surface area contributed by atoms with Crippen LogP contribution in [0.2, 0.25) is 0 Å². The molecule has 1 aromatic rings. The highest BCUT2D eigenvalue weighted by Gasteiger charge is 1.94. The number of aliphatic hydroxyl groups is 1.